The van der Waals surface area contributed by atoms with Crippen LogP contribution in [-0.2, 0) is 4.74 Å². The summed E-state index contributed by atoms with van der Waals surface area (Å²) >= 11 is 0. The number of aromatic hydroxyl groups is 1. The number of phenols is 1. The second kappa shape index (κ2) is 9.31. The molecule has 6 bridgehead atoms. The van der Waals surface area contributed by atoms with Gasteiger partial charge in [0.25, 0.3) is 5.79 Å². The molecule has 5 aliphatic heterocycles. The first-order valence-corrected chi connectivity index (χ1v) is 14.3. The van der Waals surface area contributed by atoms with Gasteiger partial charge in [0, 0.05) is 46.9 Å². The van der Waals surface area contributed by atoms with E-state index in [0.29, 0.717) is 22.0 Å². The normalized spacial score (nSPS) is 33.2. The Bertz CT molecular complexity index is 1930. The molecule has 14 nitrogen and oxygen atoms in total. The highest BCUT2D eigenvalue weighted by atomic mass is 16.7. The van der Waals surface area contributed by atoms with Crippen LogP contribution in [-0.4, -0.2) is 95.8 Å². The van der Waals surface area contributed by atoms with Gasteiger partial charge in [-0.3, -0.25) is 9.59 Å². The predicted molar refractivity (Wildman–Crippen MR) is 154 cm³/mol. The van der Waals surface area contributed by atoms with Gasteiger partial charge in [0.05, 0.1) is 17.2 Å². The number of anilines is 1. The molecule has 0 radical (unpaired) electrons. The fourth-order valence-corrected chi connectivity index (χ4v) is 7.15. The minimum absolute atomic E-state index is 0.00650. The molecule has 0 amide bonds. The van der Waals surface area contributed by atoms with E-state index in [1.165, 1.54) is 36.5 Å². The number of aromatic nitrogens is 1. The van der Waals surface area contributed by atoms with Crippen molar-refractivity contribution in [2.24, 2.45) is 0 Å². The predicted octanol–water partition coefficient (Wildman–Crippen LogP) is -0.622. The molecule has 1 saturated heterocycles. The number of hydrazine groups is 1. The molecule has 2 aromatic carbocycles. The molecule has 45 heavy (non-hydrogen) atoms. The van der Waals surface area contributed by atoms with Crippen LogP contribution in [0.4, 0.5) is 5.82 Å². The van der Waals surface area contributed by atoms with Gasteiger partial charge in [0.15, 0.2) is 23.7 Å². The Morgan fingerprint density at radius 3 is 2.58 bits per heavy atom. The zero-order valence-corrected chi connectivity index (χ0v) is 23.6. The van der Waals surface area contributed by atoms with Crippen molar-refractivity contribution in [2.45, 2.75) is 55.4 Å². The Kier molecular flexibility index (Phi) is 5.81. The molecule has 1 fully saturated rings. The number of pyridine rings is 1. The van der Waals surface area contributed by atoms with Gasteiger partial charge in [-0.2, -0.15) is 0 Å². The third-order valence-corrected chi connectivity index (χ3v) is 9.25. The number of aliphatic hydroxyl groups is 5. The topological polar surface area (TPSA) is 223 Å². The summed E-state index contributed by atoms with van der Waals surface area (Å²) in [6, 6.07) is 5.85. The van der Waals surface area contributed by atoms with E-state index in [2.05, 4.69) is 21.2 Å². The molecule has 9 rings (SSSR count). The average molecular weight is 617 g/mol. The molecule has 0 saturated carbocycles. The summed E-state index contributed by atoms with van der Waals surface area (Å²) in [7, 11) is 0. The van der Waals surface area contributed by atoms with Gasteiger partial charge in [-0.05, 0) is 48.2 Å². The van der Waals surface area contributed by atoms with E-state index in [9.17, 15) is 40.2 Å². The van der Waals surface area contributed by atoms with Crippen molar-refractivity contribution < 1.29 is 49.7 Å². The Balaban J connectivity index is 1.44. The van der Waals surface area contributed by atoms with Crippen LogP contribution in [0.3, 0.4) is 0 Å². The number of benzene rings is 2. The van der Waals surface area contributed by atoms with Gasteiger partial charge < -0.3 is 50.9 Å². The van der Waals surface area contributed by atoms with Crippen LogP contribution in [0.5, 0.6) is 11.5 Å². The number of nitrogens with zero attached hydrogens (tertiary/aromatic N) is 1. The standard InChI is InChI=1S/C31H28N4O10/c1-11-6-15-20(18(37)7-11)24(39)22-19-9-14-13(21(22)23(15)38)3-5-32-28(14)33-10-12(36)8-17-16-2-4-30(44-19)26(41)25(40)27(42)31(16,45-30)29(43)35-34-17/h2-7,9,12,25-27,29,34-37,40-43H,8,10H2,1H3,(H,32,33)/t12-,25+,26+,27-,29-,30+,31-/m0/s1. The van der Waals surface area contributed by atoms with Crippen molar-refractivity contribution >= 4 is 28.2 Å². The number of fused-ring (bicyclic) bond motifs is 6. The van der Waals surface area contributed by atoms with Crippen LogP contribution >= 0.6 is 0 Å². The van der Waals surface area contributed by atoms with Gasteiger partial charge in [-0.25, -0.2) is 10.4 Å². The quantitative estimate of drug-likeness (QED) is 0.120. The third-order valence-electron chi connectivity index (χ3n) is 9.25. The maximum Gasteiger partial charge on any atom is 0.260 e. The lowest BCUT2D eigenvalue weighted by Crippen LogP contribution is -2.79. The van der Waals surface area contributed by atoms with Crippen molar-refractivity contribution in [3.8, 4) is 11.5 Å². The first-order valence-electron chi connectivity index (χ1n) is 14.3. The zero-order chi connectivity index (χ0) is 31.6. The van der Waals surface area contributed by atoms with Crippen LogP contribution < -0.4 is 20.9 Å². The fraction of sp³-hybridized carbons (Fsp3) is 0.323. The Morgan fingerprint density at radius 1 is 0.978 bits per heavy atom. The number of rotatable bonds is 0. The second-order valence-electron chi connectivity index (χ2n) is 12.0. The van der Waals surface area contributed by atoms with E-state index in [-0.39, 0.29) is 52.4 Å². The summed E-state index contributed by atoms with van der Waals surface area (Å²) in [5, 5.41) is 70.6. The number of nitrogens with one attached hydrogen (secondary N) is 3. The highest BCUT2D eigenvalue weighted by Gasteiger charge is 2.68. The molecule has 232 valence electrons. The van der Waals surface area contributed by atoms with Crippen molar-refractivity contribution in [3.63, 3.8) is 0 Å². The van der Waals surface area contributed by atoms with E-state index >= 15 is 0 Å². The lowest BCUT2D eigenvalue weighted by atomic mass is 9.72. The van der Waals surface area contributed by atoms with E-state index in [4.69, 9.17) is 9.47 Å². The van der Waals surface area contributed by atoms with E-state index in [0.717, 1.165) is 0 Å². The highest BCUT2D eigenvalue weighted by Crippen LogP contribution is 2.51. The molecular weight excluding hydrogens is 588 g/mol. The number of hydrogen-bond acceptors (Lipinski definition) is 14. The van der Waals surface area contributed by atoms with E-state index < -0.39 is 59.3 Å². The molecule has 6 heterocycles. The van der Waals surface area contributed by atoms with E-state index in [1.54, 1.807) is 13.0 Å². The number of hydrogen-bond donors (Lipinski definition) is 9. The largest absolute Gasteiger partial charge is 0.507 e. The molecule has 2 spiro atoms. The maximum absolute atomic E-state index is 14.2. The molecule has 1 aromatic heterocycles. The monoisotopic (exact) mass is 616 g/mol. The average Bonchev–Trinajstić information content (AvgIpc) is 3.01. The lowest BCUT2D eigenvalue weighted by Gasteiger charge is -2.58. The summed E-state index contributed by atoms with van der Waals surface area (Å²) in [6.07, 6.45) is -4.40. The molecule has 3 aromatic rings. The summed E-state index contributed by atoms with van der Waals surface area (Å²) in [5.74, 6) is -4.03. The van der Waals surface area contributed by atoms with Crippen molar-refractivity contribution in [2.75, 3.05) is 11.9 Å². The van der Waals surface area contributed by atoms with Gasteiger partial charge in [-0.15, -0.1) is 0 Å². The number of ketones is 2. The number of aliphatic hydroxyl groups excluding tert-OH is 5. The lowest BCUT2D eigenvalue weighted by molar-refractivity contribution is -0.361. The van der Waals surface area contributed by atoms with Gasteiger partial charge in [0.2, 0.25) is 5.78 Å². The maximum atomic E-state index is 14.2. The summed E-state index contributed by atoms with van der Waals surface area (Å²) < 4.78 is 12.7. The van der Waals surface area contributed by atoms with E-state index in [1.807, 2.05) is 0 Å². The van der Waals surface area contributed by atoms with Crippen molar-refractivity contribution in [1.29, 1.82) is 0 Å². The van der Waals surface area contributed by atoms with Gasteiger partial charge >= 0.3 is 0 Å². The van der Waals surface area contributed by atoms with Gasteiger partial charge in [0.1, 0.15) is 29.5 Å². The number of phenolic OH excluding ortho intramolecular Hbond substituents is 1. The Morgan fingerprint density at radius 2 is 1.78 bits per heavy atom. The summed E-state index contributed by atoms with van der Waals surface area (Å²) in [4.78, 5) is 32.8. The van der Waals surface area contributed by atoms with Crippen LogP contribution in [0.15, 0.2) is 53.9 Å². The molecule has 9 N–H and O–H groups in total. The number of carbonyl (C=O) groups is 2. The van der Waals surface area contributed by atoms with Crippen LogP contribution in [0, 0.1) is 6.92 Å². The molecule has 6 aliphatic rings. The van der Waals surface area contributed by atoms with Crippen molar-refractivity contribution in [1.82, 2.24) is 15.8 Å². The first-order chi connectivity index (χ1) is 21.5. The summed E-state index contributed by atoms with van der Waals surface area (Å²) in [5.41, 5.74) is 3.84. The van der Waals surface area contributed by atoms with Crippen LogP contribution in [0.2, 0.25) is 0 Å². The number of aryl methyl sites for hydroxylation is 1. The fourth-order valence-electron chi connectivity index (χ4n) is 7.15. The van der Waals surface area contributed by atoms with Crippen molar-refractivity contribution in [3.05, 3.63) is 81.7 Å². The third kappa shape index (κ3) is 3.60. The minimum Gasteiger partial charge on any atom is -0.507 e. The smallest absolute Gasteiger partial charge is 0.260 e. The number of carbonyl (C=O) groups excluding carboxylic acids is 2. The first kappa shape index (κ1) is 28.1. The Labute approximate surface area is 254 Å². The molecule has 0 unspecified atom stereocenters. The Hall–Kier alpha value is -4.41. The molecule has 1 aliphatic carbocycles. The van der Waals surface area contributed by atoms with Crippen LogP contribution in [0.25, 0.3) is 10.8 Å². The number of ether oxygens (including phenoxy) is 2. The SMILES string of the molecule is Cc1cc(O)c2c(c1)C(=O)c1c(c3cc4c(nccc14)NC[C@@H](O)CC1=C4C=C[C@@]5(O3)O[C@]4([C@H](O)NN1)[C@@H](O)[C@H](O)[C@H]5O)C2=O. The molecule has 7 atom stereocenters. The van der Waals surface area contributed by atoms with Gasteiger partial charge in [-0.1, -0.05) is 6.08 Å². The highest BCUT2D eigenvalue weighted by molar-refractivity contribution is 6.34. The minimum atomic E-state index is -2.31. The van der Waals surface area contributed by atoms with Crippen LogP contribution in [0.1, 0.15) is 43.8 Å². The second-order valence-corrected chi connectivity index (χ2v) is 12.0. The zero-order valence-electron chi connectivity index (χ0n) is 23.6. The molecule has 14 heteroatoms. The summed E-state index contributed by atoms with van der Waals surface area (Å²) in [6.45, 7) is 1.64. The molecular formula is C31H28N4O10.